The Morgan fingerprint density at radius 2 is 1.86 bits per heavy atom. The molecule has 0 radical (unpaired) electrons. The summed E-state index contributed by atoms with van der Waals surface area (Å²) in [5.74, 6) is 0.571. The first kappa shape index (κ1) is 24.1. The van der Waals surface area contributed by atoms with Crippen LogP contribution in [0.1, 0.15) is 11.1 Å². The predicted octanol–water partition coefficient (Wildman–Crippen LogP) is 4.34. The van der Waals surface area contributed by atoms with Crippen LogP contribution < -0.4 is 20.6 Å². The van der Waals surface area contributed by atoms with Gasteiger partial charge in [0, 0.05) is 5.56 Å². The monoisotopic (exact) mass is 507 g/mol. The average molecular weight is 508 g/mol. The molecule has 2 heterocycles. The fourth-order valence-corrected chi connectivity index (χ4v) is 3.78. The molecule has 9 nitrogen and oxygen atoms in total. The summed E-state index contributed by atoms with van der Waals surface area (Å²) in [4.78, 5) is 32.0. The number of ether oxygens (including phenoxy) is 2. The molecule has 2 aromatic carbocycles. The number of nitriles is 1. The van der Waals surface area contributed by atoms with E-state index in [-0.39, 0.29) is 33.5 Å². The summed E-state index contributed by atoms with van der Waals surface area (Å²) in [7, 11) is 1.44. The molecule has 0 spiro atoms. The van der Waals surface area contributed by atoms with Crippen molar-refractivity contribution in [1.29, 1.82) is 5.26 Å². The molecule has 176 valence electrons. The first-order valence-electron chi connectivity index (χ1n) is 10.2. The number of rotatable bonds is 6. The molecule has 35 heavy (non-hydrogen) atoms. The number of thioether (sulfide) groups is 1. The molecule has 4 aromatic rings. The number of H-pyrrole nitrogens is 1. The first-order chi connectivity index (χ1) is 16.9. The number of nitrogens with one attached hydrogen (secondary N) is 1. The van der Waals surface area contributed by atoms with E-state index in [4.69, 9.17) is 21.1 Å². The SMILES string of the molecule is COc1cc(-c2nc(SC)[nH]c(=O)c2C#N)ccc1Oc1cnn(-c2ccc(C)cc2)c(=O)c1Cl. The molecular formula is C24H18ClN5O4S. The van der Waals surface area contributed by atoms with Gasteiger partial charge in [-0.2, -0.15) is 15.0 Å². The van der Waals surface area contributed by atoms with Crippen molar-refractivity contribution in [2.75, 3.05) is 13.4 Å². The minimum atomic E-state index is -0.542. The molecule has 1 N–H and O–H groups in total. The van der Waals surface area contributed by atoms with Crippen LogP contribution in [0.15, 0.2) is 63.4 Å². The van der Waals surface area contributed by atoms with Gasteiger partial charge in [-0.05, 0) is 43.5 Å². The Bertz CT molecular complexity index is 1580. The van der Waals surface area contributed by atoms with E-state index in [0.29, 0.717) is 16.4 Å². The van der Waals surface area contributed by atoms with Crippen LogP contribution >= 0.6 is 23.4 Å². The van der Waals surface area contributed by atoms with Crippen LogP contribution in [0.2, 0.25) is 5.02 Å². The first-order valence-corrected chi connectivity index (χ1v) is 11.8. The van der Waals surface area contributed by atoms with Gasteiger partial charge in [-0.25, -0.2) is 4.98 Å². The van der Waals surface area contributed by atoms with Crippen LogP contribution in [-0.4, -0.2) is 33.1 Å². The highest BCUT2D eigenvalue weighted by Crippen LogP contribution is 2.37. The zero-order valence-corrected chi connectivity index (χ0v) is 20.4. The lowest BCUT2D eigenvalue weighted by molar-refractivity contribution is 0.378. The molecule has 0 aliphatic rings. The van der Waals surface area contributed by atoms with Gasteiger partial charge in [0.25, 0.3) is 11.1 Å². The summed E-state index contributed by atoms with van der Waals surface area (Å²) in [6.45, 7) is 1.94. The van der Waals surface area contributed by atoms with E-state index >= 15 is 0 Å². The topological polar surface area (TPSA) is 123 Å². The van der Waals surface area contributed by atoms with Gasteiger partial charge in [0.05, 0.1) is 24.7 Å². The van der Waals surface area contributed by atoms with Crippen molar-refractivity contribution < 1.29 is 9.47 Å². The van der Waals surface area contributed by atoms with Crippen LogP contribution in [0, 0.1) is 18.3 Å². The second-order valence-corrected chi connectivity index (χ2v) is 8.43. The van der Waals surface area contributed by atoms with Gasteiger partial charge in [-0.1, -0.05) is 41.1 Å². The smallest absolute Gasteiger partial charge is 0.294 e. The quantitative estimate of drug-likeness (QED) is 0.302. The number of hydrogen-bond acceptors (Lipinski definition) is 8. The van der Waals surface area contributed by atoms with Crippen molar-refractivity contribution in [3.05, 3.63) is 85.5 Å². The summed E-state index contributed by atoms with van der Waals surface area (Å²) in [6.07, 6.45) is 3.10. The van der Waals surface area contributed by atoms with Crippen LogP contribution in [-0.2, 0) is 0 Å². The molecule has 0 atom stereocenters. The number of methoxy groups -OCH3 is 1. The van der Waals surface area contributed by atoms with Crippen molar-refractivity contribution >= 4 is 23.4 Å². The Balaban J connectivity index is 1.72. The third-order valence-corrected chi connectivity index (χ3v) is 5.95. The summed E-state index contributed by atoms with van der Waals surface area (Å²) in [5.41, 5.74) is 1.11. The van der Waals surface area contributed by atoms with Gasteiger partial charge in [0.1, 0.15) is 11.6 Å². The number of hydrogen-bond donors (Lipinski definition) is 1. The van der Waals surface area contributed by atoms with E-state index in [1.165, 1.54) is 29.8 Å². The molecule has 11 heteroatoms. The van der Waals surface area contributed by atoms with Crippen LogP contribution in [0.25, 0.3) is 16.9 Å². The molecule has 0 aliphatic carbocycles. The third-order valence-electron chi connectivity index (χ3n) is 5.03. The number of aryl methyl sites for hydroxylation is 1. The predicted molar refractivity (Wildman–Crippen MR) is 133 cm³/mol. The second kappa shape index (κ2) is 10.0. The highest BCUT2D eigenvalue weighted by Gasteiger charge is 2.18. The third kappa shape index (κ3) is 4.77. The Kier molecular flexibility index (Phi) is 6.91. The maximum absolute atomic E-state index is 12.8. The molecule has 0 unspecified atom stereocenters. The highest BCUT2D eigenvalue weighted by molar-refractivity contribution is 7.98. The van der Waals surface area contributed by atoms with Gasteiger partial charge >= 0.3 is 0 Å². The Labute approximate surface area is 208 Å². The van der Waals surface area contributed by atoms with Gasteiger partial charge in [0.15, 0.2) is 27.4 Å². The standard InChI is InChI=1S/C24H18ClN5O4S/c1-13-4-7-15(8-5-13)30-23(32)20(25)19(12-27-30)34-17-9-6-14(10-18(17)33-2)21-16(11-26)22(31)29-24(28-21)35-3/h4-10,12H,1-3H3,(H,28,29,31). The zero-order valence-electron chi connectivity index (χ0n) is 18.8. The summed E-state index contributed by atoms with van der Waals surface area (Å²) in [6, 6.07) is 13.9. The van der Waals surface area contributed by atoms with E-state index in [1.54, 1.807) is 36.6 Å². The van der Waals surface area contributed by atoms with Crippen molar-refractivity contribution in [2.45, 2.75) is 12.1 Å². The largest absolute Gasteiger partial charge is 0.493 e. The number of nitrogens with zero attached hydrogens (tertiary/aromatic N) is 4. The van der Waals surface area contributed by atoms with Crippen LogP contribution in [0.3, 0.4) is 0 Å². The van der Waals surface area contributed by atoms with Gasteiger partial charge in [-0.15, -0.1) is 0 Å². The van der Waals surface area contributed by atoms with E-state index in [2.05, 4.69) is 15.1 Å². The fourth-order valence-electron chi connectivity index (χ4n) is 3.24. The van der Waals surface area contributed by atoms with Crippen molar-refractivity contribution in [2.24, 2.45) is 0 Å². The molecule has 4 rings (SSSR count). The Hall–Kier alpha value is -4.07. The minimum absolute atomic E-state index is 0.0442. The maximum Gasteiger partial charge on any atom is 0.294 e. The minimum Gasteiger partial charge on any atom is -0.493 e. The van der Waals surface area contributed by atoms with Crippen LogP contribution in [0.5, 0.6) is 17.2 Å². The molecule has 2 aromatic heterocycles. The molecule has 0 bridgehead atoms. The molecular weight excluding hydrogens is 490 g/mol. The van der Waals surface area contributed by atoms with E-state index in [0.717, 1.165) is 5.56 Å². The second-order valence-electron chi connectivity index (χ2n) is 7.25. The number of halogens is 1. The number of aromatic amines is 1. The average Bonchev–Trinajstić information content (AvgIpc) is 2.87. The molecule has 0 aliphatic heterocycles. The van der Waals surface area contributed by atoms with Gasteiger partial charge in [-0.3, -0.25) is 9.59 Å². The maximum atomic E-state index is 12.8. The summed E-state index contributed by atoms with van der Waals surface area (Å²) in [5, 5.41) is 13.8. The molecule has 0 saturated heterocycles. The Morgan fingerprint density at radius 3 is 2.51 bits per heavy atom. The molecule has 0 saturated carbocycles. The van der Waals surface area contributed by atoms with E-state index < -0.39 is 11.1 Å². The number of aromatic nitrogens is 4. The lowest BCUT2D eigenvalue weighted by Gasteiger charge is -2.14. The lowest BCUT2D eigenvalue weighted by Crippen LogP contribution is -2.21. The van der Waals surface area contributed by atoms with E-state index in [1.807, 2.05) is 25.1 Å². The highest BCUT2D eigenvalue weighted by atomic mass is 35.5. The fraction of sp³-hybridized carbons (Fsp3) is 0.125. The summed E-state index contributed by atoms with van der Waals surface area (Å²) < 4.78 is 12.5. The van der Waals surface area contributed by atoms with E-state index in [9.17, 15) is 14.9 Å². The molecule has 0 fully saturated rings. The van der Waals surface area contributed by atoms with Crippen molar-refractivity contribution in [1.82, 2.24) is 19.7 Å². The van der Waals surface area contributed by atoms with Gasteiger partial charge < -0.3 is 14.5 Å². The summed E-state index contributed by atoms with van der Waals surface area (Å²) >= 11 is 7.56. The number of benzene rings is 2. The molecule has 0 amide bonds. The zero-order chi connectivity index (χ0) is 25.1. The lowest BCUT2D eigenvalue weighted by atomic mass is 10.1. The van der Waals surface area contributed by atoms with Crippen molar-refractivity contribution in [3.8, 4) is 40.3 Å². The Morgan fingerprint density at radius 1 is 1.11 bits per heavy atom. The normalized spacial score (nSPS) is 10.6. The van der Waals surface area contributed by atoms with Crippen molar-refractivity contribution in [3.63, 3.8) is 0 Å². The van der Waals surface area contributed by atoms with Gasteiger partial charge in [0.2, 0.25) is 0 Å². The van der Waals surface area contributed by atoms with Crippen LogP contribution in [0.4, 0.5) is 0 Å².